The monoisotopic (exact) mass is 302 g/mol. The summed E-state index contributed by atoms with van der Waals surface area (Å²) in [5.41, 5.74) is 0.688. The Kier molecular flexibility index (Phi) is 4.44. The van der Waals surface area contributed by atoms with Gasteiger partial charge in [-0.05, 0) is 28.1 Å². The molecule has 0 spiro atoms. The van der Waals surface area contributed by atoms with Gasteiger partial charge in [-0.2, -0.15) is 0 Å². The summed E-state index contributed by atoms with van der Waals surface area (Å²) in [6, 6.07) is 3.68. The predicted molar refractivity (Wildman–Crippen MR) is 71.7 cm³/mol. The van der Waals surface area contributed by atoms with Crippen molar-refractivity contribution in [3.63, 3.8) is 0 Å². The third-order valence-corrected chi connectivity index (χ3v) is 3.63. The van der Waals surface area contributed by atoms with Gasteiger partial charge in [0, 0.05) is 15.2 Å². The Bertz CT molecular complexity index is 397. The van der Waals surface area contributed by atoms with Crippen molar-refractivity contribution in [2.45, 2.75) is 30.4 Å². The lowest BCUT2D eigenvalue weighted by Gasteiger charge is -2.19. The first-order chi connectivity index (χ1) is 7.37. The standard InChI is InChI=1S/C12H15BrO2S/c1-12(2,3)16-11-6-10(15-4)9(13)5-8(11)7-14/h5-7H,1-4H3. The van der Waals surface area contributed by atoms with Gasteiger partial charge >= 0.3 is 0 Å². The molecule has 1 aromatic carbocycles. The van der Waals surface area contributed by atoms with Crippen LogP contribution >= 0.6 is 27.7 Å². The summed E-state index contributed by atoms with van der Waals surface area (Å²) >= 11 is 5.03. The van der Waals surface area contributed by atoms with Gasteiger partial charge in [-0.15, -0.1) is 11.8 Å². The van der Waals surface area contributed by atoms with Crippen molar-refractivity contribution in [3.05, 3.63) is 22.2 Å². The van der Waals surface area contributed by atoms with E-state index in [2.05, 4.69) is 36.7 Å². The van der Waals surface area contributed by atoms with Gasteiger partial charge in [0.25, 0.3) is 0 Å². The molecule has 0 aromatic heterocycles. The van der Waals surface area contributed by atoms with Crippen molar-refractivity contribution in [3.8, 4) is 5.75 Å². The van der Waals surface area contributed by atoms with Crippen LogP contribution in [0.5, 0.6) is 5.75 Å². The first-order valence-electron chi connectivity index (χ1n) is 4.89. The zero-order valence-electron chi connectivity index (χ0n) is 9.83. The Morgan fingerprint density at radius 2 is 2.00 bits per heavy atom. The van der Waals surface area contributed by atoms with Crippen LogP contribution in [-0.4, -0.2) is 18.1 Å². The lowest BCUT2D eigenvalue weighted by Crippen LogP contribution is -2.07. The summed E-state index contributed by atoms with van der Waals surface area (Å²) in [5.74, 6) is 0.748. The number of benzene rings is 1. The fraction of sp³-hybridized carbons (Fsp3) is 0.417. The highest BCUT2D eigenvalue weighted by molar-refractivity contribution is 9.10. The van der Waals surface area contributed by atoms with Gasteiger partial charge in [0.2, 0.25) is 0 Å². The summed E-state index contributed by atoms with van der Waals surface area (Å²) in [6.07, 6.45) is 0.873. The number of halogens is 1. The van der Waals surface area contributed by atoms with E-state index in [9.17, 15) is 4.79 Å². The molecule has 0 amide bonds. The smallest absolute Gasteiger partial charge is 0.151 e. The van der Waals surface area contributed by atoms with Crippen molar-refractivity contribution in [1.82, 2.24) is 0 Å². The average Bonchev–Trinajstić information content (AvgIpc) is 2.18. The lowest BCUT2D eigenvalue weighted by molar-refractivity contribution is 0.112. The number of carbonyl (C=O) groups excluding carboxylic acids is 1. The van der Waals surface area contributed by atoms with Gasteiger partial charge in [0.05, 0.1) is 11.6 Å². The number of ether oxygens (including phenoxy) is 1. The van der Waals surface area contributed by atoms with E-state index < -0.39 is 0 Å². The predicted octanol–water partition coefficient (Wildman–Crippen LogP) is 4.16. The Labute approximate surface area is 109 Å². The summed E-state index contributed by atoms with van der Waals surface area (Å²) in [4.78, 5) is 11.9. The summed E-state index contributed by atoms with van der Waals surface area (Å²) in [6.45, 7) is 6.34. The Morgan fingerprint density at radius 1 is 1.38 bits per heavy atom. The van der Waals surface area contributed by atoms with Crippen LogP contribution < -0.4 is 4.74 Å². The first kappa shape index (κ1) is 13.6. The van der Waals surface area contributed by atoms with Crippen LogP contribution in [0.4, 0.5) is 0 Å². The molecule has 0 atom stereocenters. The molecule has 1 rings (SSSR count). The van der Waals surface area contributed by atoms with Crippen LogP contribution in [0.2, 0.25) is 0 Å². The van der Waals surface area contributed by atoms with E-state index in [0.29, 0.717) is 5.56 Å². The van der Waals surface area contributed by atoms with Gasteiger partial charge in [0.15, 0.2) is 6.29 Å². The molecule has 16 heavy (non-hydrogen) atoms. The Morgan fingerprint density at radius 3 is 2.44 bits per heavy atom. The van der Waals surface area contributed by atoms with Crippen molar-refractivity contribution >= 4 is 34.0 Å². The van der Waals surface area contributed by atoms with Crippen molar-refractivity contribution in [2.75, 3.05) is 7.11 Å². The molecule has 0 heterocycles. The van der Waals surface area contributed by atoms with Crippen LogP contribution in [0, 0.1) is 0 Å². The third-order valence-electron chi connectivity index (χ3n) is 1.83. The second kappa shape index (κ2) is 5.23. The van der Waals surface area contributed by atoms with Gasteiger partial charge in [-0.1, -0.05) is 20.8 Å². The minimum atomic E-state index is 0.0661. The molecule has 0 aliphatic carbocycles. The SMILES string of the molecule is COc1cc(SC(C)(C)C)c(C=O)cc1Br. The van der Waals surface area contributed by atoms with E-state index in [1.165, 1.54) is 0 Å². The van der Waals surface area contributed by atoms with Crippen LogP contribution in [0.15, 0.2) is 21.5 Å². The molecule has 0 fully saturated rings. The third kappa shape index (κ3) is 3.52. The van der Waals surface area contributed by atoms with E-state index in [0.717, 1.165) is 21.4 Å². The minimum absolute atomic E-state index is 0.0661. The number of thioether (sulfide) groups is 1. The van der Waals surface area contributed by atoms with Gasteiger partial charge in [0.1, 0.15) is 5.75 Å². The zero-order chi connectivity index (χ0) is 12.3. The topological polar surface area (TPSA) is 26.3 Å². The van der Waals surface area contributed by atoms with Gasteiger partial charge in [-0.25, -0.2) is 0 Å². The molecular formula is C12H15BrO2S. The fourth-order valence-corrected chi connectivity index (χ4v) is 2.79. The second-order valence-corrected chi connectivity index (χ2v) is 7.08. The molecule has 0 radical (unpaired) electrons. The van der Waals surface area contributed by atoms with Crippen LogP contribution in [0.3, 0.4) is 0 Å². The summed E-state index contributed by atoms with van der Waals surface area (Å²) < 4.78 is 6.09. The number of carbonyl (C=O) groups is 1. The first-order valence-corrected chi connectivity index (χ1v) is 6.50. The molecule has 88 valence electrons. The van der Waals surface area contributed by atoms with E-state index in [-0.39, 0.29) is 4.75 Å². The highest BCUT2D eigenvalue weighted by Crippen LogP contribution is 2.38. The van der Waals surface area contributed by atoms with Gasteiger partial charge in [-0.3, -0.25) is 4.79 Å². The normalized spacial score (nSPS) is 11.3. The number of aldehydes is 1. The summed E-state index contributed by atoms with van der Waals surface area (Å²) in [5, 5.41) is 0. The van der Waals surface area contributed by atoms with Gasteiger partial charge < -0.3 is 4.74 Å². The number of rotatable bonds is 3. The van der Waals surface area contributed by atoms with Crippen LogP contribution in [-0.2, 0) is 0 Å². The molecule has 0 saturated heterocycles. The molecule has 0 aliphatic rings. The maximum Gasteiger partial charge on any atom is 0.151 e. The maximum atomic E-state index is 11.0. The molecule has 4 heteroatoms. The molecule has 0 saturated carbocycles. The average molecular weight is 303 g/mol. The fourth-order valence-electron chi connectivity index (χ4n) is 1.22. The molecule has 0 bridgehead atoms. The highest BCUT2D eigenvalue weighted by Gasteiger charge is 2.16. The number of hydrogen-bond acceptors (Lipinski definition) is 3. The quantitative estimate of drug-likeness (QED) is 0.619. The molecular weight excluding hydrogens is 288 g/mol. The largest absolute Gasteiger partial charge is 0.496 e. The second-order valence-electron chi connectivity index (χ2n) is 4.36. The highest BCUT2D eigenvalue weighted by atomic mass is 79.9. The van der Waals surface area contributed by atoms with Crippen molar-refractivity contribution < 1.29 is 9.53 Å². The zero-order valence-corrected chi connectivity index (χ0v) is 12.2. The summed E-state index contributed by atoms with van der Waals surface area (Å²) in [7, 11) is 1.62. The number of hydrogen-bond donors (Lipinski definition) is 0. The number of methoxy groups -OCH3 is 1. The van der Waals surface area contributed by atoms with E-state index in [4.69, 9.17) is 4.74 Å². The van der Waals surface area contributed by atoms with Crippen molar-refractivity contribution in [1.29, 1.82) is 0 Å². The van der Waals surface area contributed by atoms with E-state index >= 15 is 0 Å². The van der Waals surface area contributed by atoms with E-state index in [1.807, 2.05) is 6.07 Å². The Hall–Kier alpha value is -0.480. The Balaban J connectivity index is 3.20. The molecule has 0 aliphatic heterocycles. The van der Waals surface area contributed by atoms with E-state index in [1.54, 1.807) is 24.9 Å². The minimum Gasteiger partial charge on any atom is -0.496 e. The van der Waals surface area contributed by atoms with Crippen LogP contribution in [0.1, 0.15) is 31.1 Å². The van der Waals surface area contributed by atoms with Crippen LogP contribution in [0.25, 0.3) is 0 Å². The molecule has 0 N–H and O–H groups in total. The van der Waals surface area contributed by atoms with Crippen molar-refractivity contribution in [2.24, 2.45) is 0 Å². The lowest BCUT2D eigenvalue weighted by atomic mass is 10.2. The molecule has 0 unspecified atom stereocenters. The molecule has 2 nitrogen and oxygen atoms in total. The maximum absolute atomic E-state index is 11.0. The molecule has 1 aromatic rings.